The molecule has 1 fully saturated rings. The molecule has 1 aromatic heterocycles. The summed E-state index contributed by atoms with van der Waals surface area (Å²) >= 11 is 0. The van der Waals surface area contributed by atoms with Crippen molar-refractivity contribution in [2.75, 3.05) is 6.54 Å². The van der Waals surface area contributed by atoms with E-state index < -0.39 is 10.0 Å². The third-order valence-electron chi connectivity index (χ3n) is 3.60. The van der Waals surface area contributed by atoms with E-state index >= 15 is 0 Å². The van der Waals surface area contributed by atoms with Gasteiger partial charge in [0.05, 0.1) is 6.33 Å². The van der Waals surface area contributed by atoms with Crippen LogP contribution in [0.1, 0.15) is 39.7 Å². The highest BCUT2D eigenvalue weighted by Crippen LogP contribution is 2.24. The lowest BCUT2D eigenvalue weighted by molar-refractivity contribution is 0.246. The van der Waals surface area contributed by atoms with E-state index in [1.54, 1.807) is 17.1 Å². The smallest absolute Gasteiger partial charge is 0.262 e. The molecule has 1 aromatic rings. The van der Waals surface area contributed by atoms with Gasteiger partial charge in [-0.25, -0.2) is 13.4 Å². The predicted octanol–water partition coefficient (Wildman–Crippen LogP) is 0.964. The fourth-order valence-corrected chi connectivity index (χ4v) is 3.98. The van der Waals surface area contributed by atoms with Crippen molar-refractivity contribution in [2.24, 2.45) is 5.73 Å². The molecule has 0 aromatic carbocycles. The number of sulfonamides is 1. The van der Waals surface area contributed by atoms with E-state index in [0.29, 0.717) is 19.4 Å². The van der Waals surface area contributed by atoms with Gasteiger partial charge in [-0.15, -0.1) is 0 Å². The second-order valence-electron chi connectivity index (χ2n) is 5.50. The Morgan fingerprint density at radius 1 is 1.47 bits per heavy atom. The van der Waals surface area contributed by atoms with Gasteiger partial charge in [-0.1, -0.05) is 0 Å². The summed E-state index contributed by atoms with van der Waals surface area (Å²) in [6, 6.07) is 0.219. The third kappa shape index (κ3) is 2.82. The molecule has 1 aliphatic heterocycles. The van der Waals surface area contributed by atoms with Gasteiger partial charge in [0, 0.05) is 30.9 Å². The number of piperidine rings is 1. The van der Waals surface area contributed by atoms with Crippen molar-refractivity contribution in [3.05, 3.63) is 12.5 Å². The van der Waals surface area contributed by atoms with Crippen LogP contribution in [0.3, 0.4) is 0 Å². The summed E-state index contributed by atoms with van der Waals surface area (Å²) in [4.78, 5) is 4.04. The van der Waals surface area contributed by atoms with Crippen molar-refractivity contribution in [1.29, 1.82) is 0 Å². The maximum atomic E-state index is 12.5. The maximum Gasteiger partial charge on any atom is 0.262 e. The molecule has 2 unspecified atom stereocenters. The minimum absolute atomic E-state index is 0.0713. The van der Waals surface area contributed by atoms with Crippen molar-refractivity contribution >= 4 is 10.0 Å². The van der Waals surface area contributed by atoms with Crippen molar-refractivity contribution < 1.29 is 8.42 Å². The fraction of sp³-hybridized carbons (Fsp3) is 0.750. The van der Waals surface area contributed by atoms with Gasteiger partial charge in [0.1, 0.15) is 0 Å². The predicted molar refractivity (Wildman–Crippen MR) is 73.2 cm³/mol. The van der Waals surface area contributed by atoms with Crippen LogP contribution in [0.15, 0.2) is 17.6 Å². The molecular weight excluding hydrogens is 264 g/mol. The Hall–Kier alpha value is -0.920. The van der Waals surface area contributed by atoms with Crippen LogP contribution in [0.2, 0.25) is 0 Å². The molecule has 0 spiro atoms. The van der Waals surface area contributed by atoms with E-state index in [-0.39, 0.29) is 23.2 Å². The lowest BCUT2D eigenvalue weighted by Crippen LogP contribution is -2.48. The van der Waals surface area contributed by atoms with Gasteiger partial charge in [-0.2, -0.15) is 4.31 Å². The van der Waals surface area contributed by atoms with Crippen LogP contribution < -0.4 is 5.73 Å². The number of nitrogens with two attached hydrogens (primary N) is 1. The number of imidazole rings is 1. The average Bonchev–Trinajstić information content (AvgIpc) is 2.78. The normalized spacial score (nSPS) is 25.9. The van der Waals surface area contributed by atoms with Crippen molar-refractivity contribution in [3.63, 3.8) is 0 Å². The number of aromatic nitrogens is 2. The molecule has 2 atom stereocenters. The summed E-state index contributed by atoms with van der Waals surface area (Å²) in [5.74, 6) is 0. The number of hydrogen-bond donors (Lipinski definition) is 1. The van der Waals surface area contributed by atoms with Crippen molar-refractivity contribution in [1.82, 2.24) is 13.9 Å². The zero-order valence-corrected chi connectivity index (χ0v) is 12.5. The SMILES string of the molecule is CC1CC(N)CCN1S(=O)(=O)c1cn(C(C)C)cn1. The van der Waals surface area contributed by atoms with E-state index in [9.17, 15) is 8.42 Å². The first-order valence-electron chi connectivity index (χ1n) is 6.63. The molecule has 0 bridgehead atoms. The molecule has 2 heterocycles. The highest BCUT2D eigenvalue weighted by Gasteiger charge is 2.34. The first kappa shape index (κ1) is 14.5. The summed E-state index contributed by atoms with van der Waals surface area (Å²) in [5.41, 5.74) is 5.87. The Kier molecular flexibility index (Phi) is 3.98. The summed E-state index contributed by atoms with van der Waals surface area (Å²) in [6.07, 6.45) is 4.57. The zero-order valence-electron chi connectivity index (χ0n) is 11.7. The Balaban J connectivity index is 2.26. The van der Waals surface area contributed by atoms with Gasteiger partial charge < -0.3 is 10.3 Å². The van der Waals surface area contributed by atoms with Gasteiger partial charge in [0.25, 0.3) is 10.0 Å². The van der Waals surface area contributed by atoms with Gasteiger partial charge >= 0.3 is 0 Å². The second-order valence-corrected chi connectivity index (χ2v) is 7.34. The quantitative estimate of drug-likeness (QED) is 0.897. The lowest BCUT2D eigenvalue weighted by atomic mass is 10.0. The van der Waals surface area contributed by atoms with Crippen LogP contribution >= 0.6 is 0 Å². The summed E-state index contributed by atoms with van der Waals surface area (Å²) < 4.78 is 28.4. The van der Waals surface area contributed by atoms with Crippen LogP contribution in [0.5, 0.6) is 0 Å². The van der Waals surface area contributed by atoms with E-state index in [2.05, 4.69) is 4.98 Å². The van der Waals surface area contributed by atoms with Crippen molar-refractivity contribution in [3.8, 4) is 0 Å². The largest absolute Gasteiger partial charge is 0.334 e. The van der Waals surface area contributed by atoms with Gasteiger partial charge in [-0.3, -0.25) is 0 Å². The van der Waals surface area contributed by atoms with Crippen LogP contribution in [0.4, 0.5) is 0 Å². The van der Waals surface area contributed by atoms with E-state index in [4.69, 9.17) is 5.73 Å². The van der Waals surface area contributed by atoms with Crippen molar-refractivity contribution in [2.45, 2.75) is 56.8 Å². The summed E-state index contributed by atoms with van der Waals surface area (Å²) in [7, 11) is -3.50. The Morgan fingerprint density at radius 3 is 2.68 bits per heavy atom. The molecule has 2 N–H and O–H groups in total. The van der Waals surface area contributed by atoms with Crippen LogP contribution in [0.25, 0.3) is 0 Å². The minimum Gasteiger partial charge on any atom is -0.334 e. The van der Waals surface area contributed by atoms with Gasteiger partial charge in [0.2, 0.25) is 0 Å². The summed E-state index contributed by atoms with van der Waals surface area (Å²) in [6.45, 7) is 6.34. The molecule has 7 heteroatoms. The lowest BCUT2D eigenvalue weighted by Gasteiger charge is -2.34. The molecule has 0 radical (unpaired) electrons. The van der Waals surface area contributed by atoms with E-state index in [1.807, 2.05) is 20.8 Å². The Morgan fingerprint density at radius 2 is 2.16 bits per heavy atom. The Labute approximate surface area is 114 Å². The highest BCUT2D eigenvalue weighted by atomic mass is 32.2. The molecule has 19 heavy (non-hydrogen) atoms. The molecule has 6 nitrogen and oxygen atoms in total. The average molecular weight is 286 g/mol. The van der Waals surface area contributed by atoms with Gasteiger partial charge in [0.15, 0.2) is 5.03 Å². The van der Waals surface area contributed by atoms with E-state index in [0.717, 1.165) is 0 Å². The molecule has 0 saturated carbocycles. The standard InChI is InChI=1S/C12H22N4O2S/c1-9(2)15-7-12(14-8-15)19(17,18)16-5-4-11(13)6-10(16)3/h7-11H,4-6,13H2,1-3H3. The monoisotopic (exact) mass is 286 g/mol. The van der Waals surface area contributed by atoms with Gasteiger partial charge in [-0.05, 0) is 33.6 Å². The molecule has 108 valence electrons. The molecule has 0 amide bonds. The second kappa shape index (κ2) is 5.22. The number of hydrogen-bond acceptors (Lipinski definition) is 4. The molecule has 1 aliphatic rings. The highest BCUT2D eigenvalue weighted by molar-refractivity contribution is 7.89. The Bertz CT molecular complexity index is 538. The first-order chi connectivity index (χ1) is 8.82. The van der Waals surface area contributed by atoms with Crippen LogP contribution in [-0.2, 0) is 10.0 Å². The number of nitrogens with zero attached hydrogens (tertiary/aromatic N) is 3. The molecule has 0 aliphatic carbocycles. The third-order valence-corrected chi connectivity index (χ3v) is 5.50. The fourth-order valence-electron chi connectivity index (χ4n) is 2.40. The van der Waals surface area contributed by atoms with Crippen LogP contribution in [0, 0.1) is 0 Å². The maximum absolute atomic E-state index is 12.5. The minimum atomic E-state index is -3.50. The first-order valence-corrected chi connectivity index (χ1v) is 8.07. The molecule has 1 saturated heterocycles. The van der Waals surface area contributed by atoms with E-state index in [1.165, 1.54) is 4.31 Å². The summed E-state index contributed by atoms with van der Waals surface area (Å²) in [5, 5.41) is 0.128. The molecule has 2 rings (SSSR count). The molecular formula is C12H22N4O2S. The number of rotatable bonds is 3. The van der Waals surface area contributed by atoms with Crippen LogP contribution in [-0.4, -0.2) is 40.9 Å². The topological polar surface area (TPSA) is 81.2 Å². The zero-order chi connectivity index (χ0) is 14.2.